The molecule has 0 aliphatic carbocycles. The van der Waals surface area contributed by atoms with Crippen molar-refractivity contribution in [2.24, 2.45) is 0 Å². The van der Waals surface area contributed by atoms with Gasteiger partial charge in [-0.3, -0.25) is 0 Å². The number of nitrogens with zero attached hydrogens (tertiary/aromatic N) is 1. The quantitative estimate of drug-likeness (QED) is 0.696. The molecular weight excluding hydrogens is 154 g/mol. The van der Waals surface area contributed by atoms with E-state index in [0.717, 1.165) is 0 Å². The molecule has 0 rings (SSSR count). The highest BCUT2D eigenvalue weighted by Crippen LogP contribution is 2.13. The van der Waals surface area contributed by atoms with Crippen LogP contribution >= 0.6 is 0 Å². The van der Waals surface area contributed by atoms with E-state index in [9.17, 15) is 5.11 Å². The lowest BCUT2D eigenvalue weighted by Gasteiger charge is -2.22. The van der Waals surface area contributed by atoms with E-state index in [0.29, 0.717) is 6.42 Å². The second-order valence-electron chi connectivity index (χ2n) is 3.73. The number of ether oxygens (including phenoxy) is 1. The molecule has 0 bridgehead atoms. The Hall–Kier alpha value is -0.590. The highest BCUT2D eigenvalue weighted by atomic mass is 16.5. The number of hydrogen-bond acceptors (Lipinski definition) is 3. The van der Waals surface area contributed by atoms with Crippen molar-refractivity contribution < 1.29 is 9.84 Å². The first-order valence-electron chi connectivity index (χ1n) is 4.12. The summed E-state index contributed by atoms with van der Waals surface area (Å²) in [6, 6.07) is 1.98. The topological polar surface area (TPSA) is 53.2 Å². The molecule has 2 atom stereocenters. The van der Waals surface area contributed by atoms with E-state index in [-0.39, 0.29) is 6.10 Å². The zero-order chi connectivity index (χ0) is 9.78. The fourth-order valence-corrected chi connectivity index (χ4v) is 1.13. The van der Waals surface area contributed by atoms with E-state index in [4.69, 9.17) is 10.00 Å². The summed E-state index contributed by atoms with van der Waals surface area (Å²) in [5, 5.41) is 17.9. The van der Waals surface area contributed by atoms with Gasteiger partial charge in [-0.2, -0.15) is 5.26 Å². The summed E-state index contributed by atoms with van der Waals surface area (Å²) in [5.41, 5.74) is -0.728. The molecule has 0 saturated heterocycles. The summed E-state index contributed by atoms with van der Waals surface area (Å²) in [5.74, 6) is 0. The van der Waals surface area contributed by atoms with Crippen LogP contribution in [0.1, 0.15) is 34.1 Å². The molecule has 0 heterocycles. The van der Waals surface area contributed by atoms with Gasteiger partial charge in [0.05, 0.1) is 17.8 Å². The second kappa shape index (κ2) is 4.44. The molecule has 3 heteroatoms. The second-order valence-corrected chi connectivity index (χ2v) is 3.73. The molecule has 2 unspecified atom stereocenters. The highest BCUT2D eigenvalue weighted by molar-refractivity contribution is 4.81. The minimum absolute atomic E-state index is 0.0837. The van der Waals surface area contributed by atoms with Gasteiger partial charge in [-0.1, -0.05) is 0 Å². The van der Waals surface area contributed by atoms with Gasteiger partial charge in [0.25, 0.3) is 0 Å². The van der Waals surface area contributed by atoms with E-state index < -0.39 is 11.7 Å². The maximum atomic E-state index is 9.41. The van der Waals surface area contributed by atoms with Crippen LogP contribution in [0.3, 0.4) is 0 Å². The van der Waals surface area contributed by atoms with Crippen LogP contribution < -0.4 is 0 Å². The van der Waals surface area contributed by atoms with E-state index >= 15 is 0 Å². The standard InChI is InChI=1S/C9H17NO2/c1-7(5-9(3,4)11)12-8(2)6-10/h7-8,11H,5H2,1-4H3. The van der Waals surface area contributed by atoms with E-state index in [2.05, 4.69) is 0 Å². The summed E-state index contributed by atoms with van der Waals surface area (Å²) in [6.07, 6.45) is 0.0564. The smallest absolute Gasteiger partial charge is 0.141 e. The average Bonchev–Trinajstić information content (AvgIpc) is 1.82. The monoisotopic (exact) mass is 171 g/mol. The van der Waals surface area contributed by atoms with Gasteiger partial charge in [-0.25, -0.2) is 0 Å². The van der Waals surface area contributed by atoms with Crippen molar-refractivity contribution in [1.29, 1.82) is 5.26 Å². The zero-order valence-corrected chi connectivity index (χ0v) is 8.16. The van der Waals surface area contributed by atoms with E-state index in [1.54, 1.807) is 20.8 Å². The van der Waals surface area contributed by atoms with Gasteiger partial charge in [-0.05, 0) is 27.7 Å². The lowest BCUT2D eigenvalue weighted by Crippen LogP contribution is -2.28. The summed E-state index contributed by atoms with van der Waals surface area (Å²) in [4.78, 5) is 0. The van der Waals surface area contributed by atoms with Crippen LogP contribution in [-0.4, -0.2) is 22.9 Å². The lowest BCUT2D eigenvalue weighted by atomic mass is 10.0. The van der Waals surface area contributed by atoms with Crippen LogP contribution in [0.5, 0.6) is 0 Å². The highest BCUT2D eigenvalue weighted by Gasteiger charge is 2.18. The van der Waals surface area contributed by atoms with E-state index in [1.807, 2.05) is 13.0 Å². The average molecular weight is 171 g/mol. The van der Waals surface area contributed by atoms with Crippen LogP contribution in [0.4, 0.5) is 0 Å². The fraction of sp³-hybridized carbons (Fsp3) is 0.889. The van der Waals surface area contributed by atoms with Crippen LogP contribution in [0.25, 0.3) is 0 Å². The fourth-order valence-electron chi connectivity index (χ4n) is 1.13. The molecule has 0 aromatic carbocycles. The van der Waals surface area contributed by atoms with Crippen molar-refractivity contribution >= 4 is 0 Å². The molecule has 1 N–H and O–H groups in total. The molecule has 0 aliphatic heterocycles. The largest absolute Gasteiger partial charge is 0.390 e. The third-order valence-corrected chi connectivity index (χ3v) is 1.41. The number of rotatable bonds is 4. The van der Waals surface area contributed by atoms with E-state index in [1.165, 1.54) is 0 Å². The maximum absolute atomic E-state index is 9.41. The summed E-state index contributed by atoms with van der Waals surface area (Å²) in [7, 11) is 0. The predicted octanol–water partition coefficient (Wildman–Crippen LogP) is 1.46. The first kappa shape index (κ1) is 11.4. The third kappa shape index (κ3) is 6.14. The van der Waals surface area contributed by atoms with Crippen molar-refractivity contribution in [3.8, 4) is 6.07 Å². The summed E-state index contributed by atoms with van der Waals surface area (Å²) >= 11 is 0. The van der Waals surface area contributed by atoms with Crippen molar-refractivity contribution in [1.82, 2.24) is 0 Å². The Morgan fingerprint density at radius 1 is 1.50 bits per heavy atom. The maximum Gasteiger partial charge on any atom is 0.141 e. The van der Waals surface area contributed by atoms with Crippen molar-refractivity contribution in [2.75, 3.05) is 0 Å². The molecule has 12 heavy (non-hydrogen) atoms. The number of nitriles is 1. The molecule has 0 radical (unpaired) electrons. The Labute approximate surface area is 74.0 Å². The minimum atomic E-state index is -0.728. The van der Waals surface area contributed by atoms with Crippen molar-refractivity contribution in [3.63, 3.8) is 0 Å². The number of aliphatic hydroxyl groups is 1. The van der Waals surface area contributed by atoms with Crippen molar-refractivity contribution in [2.45, 2.75) is 51.9 Å². The molecular formula is C9H17NO2. The molecule has 70 valence electrons. The molecule has 3 nitrogen and oxygen atoms in total. The summed E-state index contributed by atoms with van der Waals surface area (Å²) < 4.78 is 5.25. The van der Waals surface area contributed by atoms with Gasteiger partial charge >= 0.3 is 0 Å². The SMILES string of the molecule is CC(C#N)OC(C)CC(C)(C)O. The Morgan fingerprint density at radius 2 is 2.00 bits per heavy atom. The van der Waals surface area contributed by atoms with Crippen LogP contribution in [0.2, 0.25) is 0 Å². The molecule has 0 amide bonds. The molecule has 0 aliphatic rings. The lowest BCUT2D eigenvalue weighted by molar-refractivity contribution is -0.0257. The molecule has 0 fully saturated rings. The van der Waals surface area contributed by atoms with Gasteiger partial charge in [0.2, 0.25) is 0 Å². The van der Waals surface area contributed by atoms with Gasteiger partial charge in [-0.15, -0.1) is 0 Å². The normalized spacial score (nSPS) is 16.7. The van der Waals surface area contributed by atoms with Gasteiger partial charge in [0, 0.05) is 6.42 Å². The number of hydrogen-bond donors (Lipinski definition) is 1. The minimum Gasteiger partial charge on any atom is -0.390 e. The summed E-state index contributed by atoms with van der Waals surface area (Å²) in [6.45, 7) is 7.00. The van der Waals surface area contributed by atoms with Gasteiger partial charge in [0.1, 0.15) is 6.10 Å². The molecule has 0 aromatic heterocycles. The molecule has 0 saturated carbocycles. The Kier molecular flexibility index (Phi) is 4.22. The molecule has 0 aromatic rings. The first-order chi connectivity index (χ1) is 5.35. The zero-order valence-electron chi connectivity index (χ0n) is 8.16. The Morgan fingerprint density at radius 3 is 2.33 bits per heavy atom. The third-order valence-electron chi connectivity index (χ3n) is 1.41. The van der Waals surface area contributed by atoms with Crippen molar-refractivity contribution in [3.05, 3.63) is 0 Å². The Bertz CT molecular complexity index is 166. The predicted molar refractivity (Wildman–Crippen MR) is 46.5 cm³/mol. The first-order valence-corrected chi connectivity index (χ1v) is 4.12. The van der Waals surface area contributed by atoms with Gasteiger partial charge in [0.15, 0.2) is 0 Å². The van der Waals surface area contributed by atoms with Crippen LogP contribution in [0, 0.1) is 11.3 Å². The van der Waals surface area contributed by atoms with Gasteiger partial charge < -0.3 is 9.84 Å². The Balaban J connectivity index is 3.76. The van der Waals surface area contributed by atoms with Crippen LogP contribution in [-0.2, 0) is 4.74 Å². The van der Waals surface area contributed by atoms with Crippen LogP contribution in [0.15, 0.2) is 0 Å². The molecule has 0 spiro atoms.